The van der Waals surface area contributed by atoms with E-state index < -0.39 is 0 Å². The van der Waals surface area contributed by atoms with Gasteiger partial charge in [0.15, 0.2) is 0 Å². The number of rotatable bonds is 2. The minimum Gasteiger partial charge on any atom is -1.00 e. The second-order valence-electron chi connectivity index (χ2n) is 11.7. The van der Waals surface area contributed by atoms with Crippen LogP contribution in [0.3, 0.4) is 0 Å². The van der Waals surface area contributed by atoms with Crippen LogP contribution >= 0.6 is 0 Å². The minimum atomic E-state index is 0. The predicted octanol–water partition coefficient (Wildman–Crippen LogP) is 6.17. The number of benzene rings is 6. The van der Waals surface area contributed by atoms with Crippen molar-refractivity contribution in [1.29, 1.82) is 0 Å². The predicted molar refractivity (Wildman–Crippen MR) is 192 cm³/mol. The quantitative estimate of drug-likeness (QED) is 0.144. The van der Waals surface area contributed by atoms with Crippen molar-refractivity contribution >= 4 is 48.6 Å². The summed E-state index contributed by atoms with van der Waals surface area (Å²) in [5, 5.41) is 10.6. The first-order valence-corrected chi connectivity index (χ1v) is 23.1. The molecule has 0 N–H and O–H groups in total. The Morgan fingerprint density at radius 3 is 1.15 bits per heavy atom. The van der Waals surface area contributed by atoms with Crippen LogP contribution in [0.15, 0.2) is 146 Å². The zero-order valence-electron chi connectivity index (χ0n) is 26.6. The fraction of sp³-hybridized carbons (Fsp3) is 0.0952. The maximum absolute atomic E-state index is 2.33. The van der Waals surface area contributed by atoms with E-state index in [1.165, 1.54) is 99.5 Å². The first kappa shape index (κ1) is 35.8. The molecule has 228 valence electrons. The van der Waals surface area contributed by atoms with E-state index >= 15 is 0 Å². The normalized spacial score (nSPS) is 10.4. The molecular weight excluding hydrogens is 826 g/mol. The smallest absolute Gasteiger partial charge is 0.0114 e. The van der Waals surface area contributed by atoms with Crippen LogP contribution in [0, 0.1) is 13.8 Å². The average molecular weight is 863 g/mol. The molecule has 0 atom stereocenters. The Bertz CT molecular complexity index is 2090. The van der Waals surface area contributed by atoms with Crippen LogP contribution in [0.4, 0.5) is 0 Å². The van der Waals surface area contributed by atoms with Gasteiger partial charge < -0.3 is 29.4 Å². The second-order valence-corrected chi connectivity index (χ2v) is 24.5. The second kappa shape index (κ2) is 16.2. The first-order valence-electron chi connectivity index (χ1n) is 15.2. The van der Waals surface area contributed by atoms with Gasteiger partial charge in [0.1, 0.15) is 0 Å². The number of hydrogen-bond acceptors (Lipinski definition) is 0. The van der Waals surface area contributed by atoms with Crippen molar-refractivity contribution in [2.24, 2.45) is 0 Å². The van der Waals surface area contributed by atoms with Gasteiger partial charge in [0.25, 0.3) is 0 Å². The summed E-state index contributed by atoms with van der Waals surface area (Å²) < 4.78 is 0. The Morgan fingerprint density at radius 1 is 0.457 bits per heavy atom. The Kier molecular flexibility index (Phi) is 12.6. The monoisotopic (exact) mass is 862 g/mol. The van der Waals surface area contributed by atoms with E-state index in [0.717, 1.165) is 0 Å². The summed E-state index contributed by atoms with van der Waals surface area (Å²) in [6, 6.07) is 52.5. The minimum absolute atomic E-state index is 0. The van der Waals surface area contributed by atoms with Gasteiger partial charge in [-0.15, -0.1) is 69.1 Å². The molecule has 0 aliphatic rings. The number of hydrogen-bond donors (Lipinski definition) is 0. The van der Waals surface area contributed by atoms with Gasteiger partial charge in [0, 0.05) is 0 Å². The van der Waals surface area contributed by atoms with Gasteiger partial charge in [-0.3, -0.25) is 0 Å². The molecule has 8 aromatic rings. The van der Waals surface area contributed by atoms with Gasteiger partial charge in [-0.1, -0.05) is 122 Å². The van der Waals surface area contributed by atoms with Gasteiger partial charge in [0.05, 0.1) is 0 Å². The molecule has 0 nitrogen and oxygen atoms in total. The molecule has 0 bridgehead atoms. The van der Waals surface area contributed by atoms with Crippen LogP contribution in [0.2, 0.25) is 13.1 Å². The largest absolute Gasteiger partial charge is 1.00 e. The molecule has 0 heterocycles. The standard InChI is InChI=1S/2C20H15.C2H6Si.BrH.ClH.Hf/c2*1-14-12-16-8-5-11-19(20(16)13-14)18-10-4-7-15-6-2-3-9-17(15)18;1-3-2;;;/h2*2-13H,1H3;1-2H3;2*1H;/q2*-1;;;;+2/p-2. The topological polar surface area (TPSA) is 0 Å². The third kappa shape index (κ3) is 7.89. The molecule has 4 heteroatoms. The van der Waals surface area contributed by atoms with Crippen LogP contribution in [0.25, 0.3) is 65.3 Å². The molecule has 0 spiro atoms. The van der Waals surface area contributed by atoms with E-state index in [-0.39, 0.29) is 34.9 Å². The maximum Gasteiger partial charge on any atom is -0.0114 e. The van der Waals surface area contributed by atoms with Crippen LogP contribution in [-0.4, -0.2) is 5.49 Å². The van der Waals surface area contributed by atoms with Crippen LogP contribution in [0.1, 0.15) is 11.1 Å². The number of fused-ring (bicyclic) bond motifs is 4. The first-order chi connectivity index (χ1) is 21.4. The third-order valence-corrected chi connectivity index (χ3v) is 7.95. The molecular formula is C42H36BrClHfSi-2. The van der Waals surface area contributed by atoms with Gasteiger partial charge in [0.2, 0.25) is 0 Å². The van der Waals surface area contributed by atoms with Crippen molar-refractivity contribution in [3.05, 3.63) is 157 Å². The van der Waals surface area contributed by atoms with Crippen molar-refractivity contribution in [3.63, 3.8) is 0 Å². The average Bonchev–Trinajstić information content (AvgIpc) is 3.61. The molecule has 8 aromatic carbocycles. The Labute approximate surface area is 304 Å². The van der Waals surface area contributed by atoms with Crippen LogP contribution in [-0.2, 0) is 23.0 Å². The fourth-order valence-corrected chi connectivity index (χ4v) is 6.16. The fourth-order valence-electron chi connectivity index (χ4n) is 6.16. The third-order valence-electron chi connectivity index (χ3n) is 7.95. The van der Waals surface area contributed by atoms with Crippen molar-refractivity contribution in [2.75, 3.05) is 0 Å². The van der Waals surface area contributed by atoms with Crippen LogP contribution < -0.4 is 29.4 Å². The van der Waals surface area contributed by atoms with E-state index in [2.05, 4.69) is 173 Å². The van der Waals surface area contributed by atoms with Crippen molar-refractivity contribution in [3.8, 4) is 22.3 Å². The Morgan fingerprint density at radius 2 is 0.761 bits per heavy atom. The molecule has 0 saturated heterocycles. The molecule has 0 fully saturated rings. The molecule has 0 unspecified atom stereocenters. The van der Waals surface area contributed by atoms with Gasteiger partial charge in [-0.25, -0.2) is 0 Å². The summed E-state index contributed by atoms with van der Waals surface area (Å²) >= 11 is 1.45. The van der Waals surface area contributed by atoms with E-state index in [0.29, 0.717) is 0 Å². The maximum atomic E-state index is 2.33. The molecule has 0 aliphatic heterocycles. The van der Waals surface area contributed by atoms with Gasteiger partial charge in [-0.2, -0.15) is 12.1 Å². The van der Waals surface area contributed by atoms with Gasteiger partial charge >= 0.3 is 41.6 Å². The number of aryl methyl sites for hydroxylation is 2. The van der Waals surface area contributed by atoms with Crippen molar-refractivity contribution in [2.45, 2.75) is 26.9 Å². The molecule has 0 aromatic heterocycles. The van der Waals surface area contributed by atoms with Crippen molar-refractivity contribution in [1.82, 2.24) is 0 Å². The summed E-state index contributed by atoms with van der Waals surface area (Å²) in [4.78, 5) is 0. The van der Waals surface area contributed by atoms with E-state index in [9.17, 15) is 0 Å². The molecule has 46 heavy (non-hydrogen) atoms. The zero-order chi connectivity index (χ0) is 30.6. The van der Waals surface area contributed by atoms with E-state index in [1.807, 2.05) is 0 Å². The van der Waals surface area contributed by atoms with E-state index in [4.69, 9.17) is 0 Å². The SMILES string of the molecule is C[Si](C)=[Hf+2].Cc1cc2c(-c3cccc4ccccc34)cccc2[cH-]1.Cc1cc2c(-c3cccc4ccccc34)cccc2[cH-]1.[Br-].[Cl-]. The van der Waals surface area contributed by atoms with Gasteiger partial charge in [-0.05, 0) is 32.7 Å². The Hall–Kier alpha value is -3.08. The molecule has 0 aliphatic carbocycles. The Balaban J connectivity index is 0.000000180. The van der Waals surface area contributed by atoms with Crippen LogP contribution in [0.5, 0.6) is 0 Å². The molecule has 0 saturated carbocycles. The van der Waals surface area contributed by atoms with Crippen molar-refractivity contribution < 1.29 is 52.4 Å². The van der Waals surface area contributed by atoms with E-state index in [1.54, 1.807) is 0 Å². The zero-order valence-corrected chi connectivity index (χ0v) is 33.5. The summed E-state index contributed by atoms with van der Waals surface area (Å²) in [6.07, 6.45) is 0. The summed E-state index contributed by atoms with van der Waals surface area (Å²) in [5.41, 5.74) is 8.20. The summed E-state index contributed by atoms with van der Waals surface area (Å²) in [6.45, 7) is 8.98. The summed E-state index contributed by atoms with van der Waals surface area (Å²) in [5.74, 6) is 0. The molecule has 0 amide bonds. The number of halogens is 2. The molecule has 0 radical (unpaired) electrons. The molecule has 8 rings (SSSR count). The summed E-state index contributed by atoms with van der Waals surface area (Å²) in [7, 11) is 0.